The summed E-state index contributed by atoms with van der Waals surface area (Å²) in [5.41, 5.74) is -0.607. The van der Waals surface area contributed by atoms with E-state index in [2.05, 4.69) is 4.98 Å². The second-order valence-corrected chi connectivity index (χ2v) is 5.26. The van der Waals surface area contributed by atoms with Crippen LogP contribution in [0.4, 0.5) is 19.0 Å². The number of pyridine rings is 1. The molecule has 1 saturated heterocycles. The van der Waals surface area contributed by atoms with Gasteiger partial charge in [0.05, 0.1) is 5.56 Å². The molecular weight excluding hydrogens is 241 g/mol. The number of aromatic nitrogens is 1. The molecule has 1 aliphatic carbocycles. The second kappa shape index (κ2) is 4.14. The Morgan fingerprint density at radius 3 is 2.44 bits per heavy atom. The van der Waals surface area contributed by atoms with Crippen LogP contribution in [0.3, 0.4) is 0 Å². The fourth-order valence-electron chi connectivity index (χ4n) is 3.19. The van der Waals surface area contributed by atoms with Gasteiger partial charge in [0.1, 0.15) is 5.82 Å². The van der Waals surface area contributed by atoms with Gasteiger partial charge in [0.2, 0.25) is 0 Å². The third-order valence-corrected chi connectivity index (χ3v) is 4.12. The first kappa shape index (κ1) is 11.8. The van der Waals surface area contributed by atoms with Crippen LogP contribution in [0.2, 0.25) is 0 Å². The van der Waals surface area contributed by atoms with Gasteiger partial charge in [-0.15, -0.1) is 0 Å². The lowest BCUT2D eigenvalue weighted by molar-refractivity contribution is -0.137. The number of rotatable bonds is 1. The fraction of sp³-hybridized carbons (Fsp3) is 0.615. The summed E-state index contributed by atoms with van der Waals surface area (Å²) in [7, 11) is 0. The van der Waals surface area contributed by atoms with Crippen molar-refractivity contribution in [3.05, 3.63) is 23.9 Å². The number of alkyl halides is 3. The molecule has 0 aromatic carbocycles. The SMILES string of the molecule is FC(F)(F)c1ccnc(N2CC3CCCC3C2)c1. The van der Waals surface area contributed by atoms with E-state index in [1.807, 2.05) is 4.90 Å². The highest BCUT2D eigenvalue weighted by molar-refractivity contribution is 5.43. The summed E-state index contributed by atoms with van der Waals surface area (Å²) < 4.78 is 37.9. The zero-order valence-electron chi connectivity index (χ0n) is 9.95. The number of hydrogen-bond donors (Lipinski definition) is 0. The van der Waals surface area contributed by atoms with E-state index in [0.29, 0.717) is 17.7 Å². The first-order valence-corrected chi connectivity index (χ1v) is 6.32. The zero-order valence-corrected chi connectivity index (χ0v) is 9.95. The Morgan fingerprint density at radius 1 is 1.17 bits per heavy atom. The molecule has 0 spiro atoms. The molecule has 3 rings (SSSR count). The van der Waals surface area contributed by atoms with E-state index in [-0.39, 0.29) is 0 Å². The second-order valence-electron chi connectivity index (χ2n) is 5.26. The van der Waals surface area contributed by atoms with Crippen LogP contribution in [0, 0.1) is 11.8 Å². The van der Waals surface area contributed by atoms with E-state index in [1.165, 1.54) is 31.5 Å². The van der Waals surface area contributed by atoms with Crippen molar-refractivity contribution in [2.75, 3.05) is 18.0 Å². The average Bonchev–Trinajstić information content (AvgIpc) is 2.88. The minimum Gasteiger partial charge on any atom is -0.356 e. The monoisotopic (exact) mass is 256 g/mol. The first-order valence-electron chi connectivity index (χ1n) is 6.32. The van der Waals surface area contributed by atoms with Crippen molar-refractivity contribution in [1.82, 2.24) is 4.98 Å². The van der Waals surface area contributed by atoms with Gasteiger partial charge < -0.3 is 4.90 Å². The number of fused-ring (bicyclic) bond motifs is 1. The van der Waals surface area contributed by atoms with E-state index in [4.69, 9.17) is 0 Å². The molecule has 1 aliphatic heterocycles. The van der Waals surface area contributed by atoms with Crippen molar-refractivity contribution in [3.8, 4) is 0 Å². The Bertz CT molecular complexity index is 432. The molecule has 5 heteroatoms. The lowest BCUT2D eigenvalue weighted by Gasteiger charge is -2.19. The Kier molecular flexibility index (Phi) is 2.72. The summed E-state index contributed by atoms with van der Waals surface area (Å²) in [5, 5.41) is 0. The maximum atomic E-state index is 12.6. The molecule has 2 fully saturated rings. The Morgan fingerprint density at radius 2 is 1.83 bits per heavy atom. The lowest BCUT2D eigenvalue weighted by atomic mass is 10.0. The van der Waals surface area contributed by atoms with Crippen LogP contribution in [0.25, 0.3) is 0 Å². The highest BCUT2D eigenvalue weighted by atomic mass is 19.4. The van der Waals surface area contributed by atoms with Crippen molar-refractivity contribution in [1.29, 1.82) is 0 Å². The largest absolute Gasteiger partial charge is 0.416 e. The minimum absolute atomic E-state index is 0.472. The average molecular weight is 256 g/mol. The van der Waals surface area contributed by atoms with Crippen LogP contribution in [-0.4, -0.2) is 18.1 Å². The molecular formula is C13H15F3N2. The van der Waals surface area contributed by atoms with Crippen LogP contribution < -0.4 is 4.90 Å². The molecule has 2 heterocycles. The summed E-state index contributed by atoms with van der Waals surface area (Å²) in [6.07, 6.45) is 0.652. The van der Waals surface area contributed by atoms with Crippen molar-refractivity contribution < 1.29 is 13.2 Å². The Hall–Kier alpha value is -1.26. The van der Waals surface area contributed by atoms with Crippen molar-refractivity contribution in [3.63, 3.8) is 0 Å². The van der Waals surface area contributed by atoms with Crippen LogP contribution in [0.1, 0.15) is 24.8 Å². The normalized spacial score (nSPS) is 27.6. The van der Waals surface area contributed by atoms with Crippen LogP contribution in [-0.2, 0) is 6.18 Å². The Balaban J connectivity index is 1.81. The van der Waals surface area contributed by atoms with E-state index >= 15 is 0 Å². The molecule has 0 N–H and O–H groups in total. The minimum atomic E-state index is -4.28. The lowest BCUT2D eigenvalue weighted by Crippen LogP contribution is -2.22. The maximum Gasteiger partial charge on any atom is 0.416 e. The zero-order chi connectivity index (χ0) is 12.8. The molecule has 98 valence electrons. The van der Waals surface area contributed by atoms with E-state index in [9.17, 15) is 13.2 Å². The molecule has 0 bridgehead atoms. The molecule has 1 saturated carbocycles. The quantitative estimate of drug-likeness (QED) is 0.766. The van der Waals surface area contributed by atoms with E-state index < -0.39 is 11.7 Å². The molecule has 0 amide bonds. The Labute approximate surface area is 104 Å². The van der Waals surface area contributed by atoms with E-state index in [1.54, 1.807) is 0 Å². The smallest absolute Gasteiger partial charge is 0.356 e. The standard InChI is InChI=1S/C13H15F3N2/c14-13(15,16)11-4-5-17-12(6-11)18-7-9-2-1-3-10(9)8-18/h4-6,9-10H,1-3,7-8H2. The summed E-state index contributed by atoms with van der Waals surface area (Å²) in [4.78, 5) is 6.09. The van der Waals surface area contributed by atoms with Crippen molar-refractivity contribution >= 4 is 5.82 Å². The van der Waals surface area contributed by atoms with Gasteiger partial charge in [-0.25, -0.2) is 4.98 Å². The van der Waals surface area contributed by atoms with Gasteiger partial charge in [0.25, 0.3) is 0 Å². The molecule has 2 atom stereocenters. The third-order valence-electron chi connectivity index (χ3n) is 4.12. The topological polar surface area (TPSA) is 16.1 Å². The number of halogens is 3. The van der Waals surface area contributed by atoms with Gasteiger partial charge >= 0.3 is 6.18 Å². The van der Waals surface area contributed by atoms with Crippen molar-refractivity contribution in [2.45, 2.75) is 25.4 Å². The van der Waals surface area contributed by atoms with Gasteiger partial charge in [0, 0.05) is 19.3 Å². The van der Waals surface area contributed by atoms with E-state index in [0.717, 1.165) is 19.2 Å². The van der Waals surface area contributed by atoms with Gasteiger partial charge in [-0.05, 0) is 36.8 Å². The number of hydrogen-bond acceptors (Lipinski definition) is 2. The molecule has 2 nitrogen and oxygen atoms in total. The highest BCUT2D eigenvalue weighted by Gasteiger charge is 2.37. The molecule has 1 aromatic heterocycles. The highest BCUT2D eigenvalue weighted by Crippen LogP contribution is 2.39. The van der Waals surface area contributed by atoms with Crippen LogP contribution in [0.5, 0.6) is 0 Å². The number of nitrogens with zero attached hydrogens (tertiary/aromatic N) is 2. The maximum absolute atomic E-state index is 12.6. The van der Waals surface area contributed by atoms with Gasteiger partial charge in [-0.1, -0.05) is 6.42 Å². The predicted molar refractivity (Wildman–Crippen MR) is 62.3 cm³/mol. The predicted octanol–water partition coefficient (Wildman–Crippen LogP) is 3.34. The summed E-state index contributed by atoms with van der Waals surface area (Å²) >= 11 is 0. The fourth-order valence-corrected chi connectivity index (χ4v) is 3.19. The first-order chi connectivity index (χ1) is 8.54. The third kappa shape index (κ3) is 2.06. The molecule has 18 heavy (non-hydrogen) atoms. The summed E-state index contributed by atoms with van der Waals surface area (Å²) in [6, 6.07) is 2.20. The van der Waals surface area contributed by atoms with Gasteiger partial charge in [-0.2, -0.15) is 13.2 Å². The summed E-state index contributed by atoms with van der Waals surface area (Å²) in [5.74, 6) is 1.78. The molecule has 2 unspecified atom stereocenters. The van der Waals surface area contributed by atoms with Gasteiger partial charge in [-0.3, -0.25) is 0 Å². The van der Waals surface area contributed by atoms with Crippen LogP contribution in [0.15, 0.2) is 18.3 Å². The molecule has 2 aliphatic rings. The number of anilines is 1. The molecule has 1 aromatic rings. The van der Waals surface area contributed by atoms with Crippen LogP contribution >= 0.6 is 0 Å². The summed E-state index contributed by atoms with van der Waals surface area (Å²) in [6.45, 7) is 1.72. The molecule has 0 radical (unpaired) electrons. The van der Waals surface area contributed by atoms with Gasteiger partial charge in [0.15, 0.2) is 0 Å². The van der Waals surface area contributed by atoms with Crippen molar-refractivity contribution in [2.24, 2.45) is 11.8 Å².